The molecule has 2 nitrogen and oxygen atoms in total. The van der Waals surface area contributed by atoms with Gasteiger partial charge in [0.2, 0.25) is 5.78 Å². The summed E-state index contributed by atoms with van der Waals surface area (Å²) in [6, 6.07) is 17.7. The molecule has 0 aromatic heterocycles. The number of rotatable bonds is 3. The summed E-state index contributed by atoms with van der Waals surface area (Å²) in [5.41, 5.74) is 1.11. The highest BCUT2D eigenvalue weighted by molar-refractivity contribution is 9.10. The van der Waals surface area contributed by atoms with Gasteiger partial charge in [-0.15, -0.1) is 0 Å². The summed E-state index contributed by atoms with van der Waals surface area (Å²) in [6.45, 7) is 1.83. The lowest BCUT2D eigenvalue weighted by molar-refractivity contribution is -0.129. The third-order valence-electron chi connectivity index (χ3n) is 3.71. The third kappa shape index (κ3) is 2.79. The monoisotopic (exact) mass is 342 g/mol. The number of ketones is 1. The molecule has 0 saturated carbocycles. The van der Waals surface area contributed by atoms with Crippen LogP contribution in [-0.4, -0.2) is 5.78 Å². The average Bonchev–Trinajstić information content (AvgIpc) is 2.78. The Morgan fingerprint density at radius 2 is 1.71 bits per heavy atom. The van der Waals surface area contributed by atoms with Crippen LogP contribution in [0.2, 0.25) is 0 Å². The van der Waals surface area contributed by atoms with E-state index < -0.39 is 5.60 Å². The quantitative estimate of drug-likeness (QED) is 0.826. The smallest absolute Gasteiger partial charge is 0.206 e. The molecule has 1 aliphatic rings. The van der Waals surface area contributed by atoms with Crippen molar-refractivity contribution in [2.75, 3.05) is 0 Å². The van der Waals surface area contributed by atoms with Crippen LogP contribution in [0.25, 0.3) is 0 Å². The van der Waals surface area contributed by atoms with Crippen molar-refractivity contribution in [3.63, 3.8) is 0 Å². The van der Waals surface area contributed by atoms with E-state index in [4.69, 9.17) is 4.74 Å². The van der Waals surface area contributed by atoms with Gasteiger partial charge >= 0.3 is 0 Å². The predicted octanol–water partition coefficient (Wildman–Crippen LogP) is 4.39. The molecular formula is C18H15BrO2. The molecule has 3 rings (SSSR count). The van der Waals surface area contributed by atoms with E-state index in [2.05, 4.69) is 15.9 Å². The topological polar surface area (TPSA) is 26.3 Å². The van der Waals surface area contributed by atoms with E-state index in [1.54, 1.807) is 6.08 Å². The van der Waals surface area contributed by atoms with Gasteiger partial charge in [0, 0.05) is 22.5 Å². The molecular weight excluding hydrogens is 328 g/mol. The Bertz CT molecular complexity index is 689. The normalized spacial score (nSPS) is 21.0. The van der Waals surface area contributed by atoms with Gasteiger partial charge in [0.1, 0.15) is 5.76 Å². The largest absolute Gasteiger partial charge is 0.479 e. The van der Waals surface area contributed by atoms with Gasteiger partial charge in [-0.2, -0.15) is 0 Å². The number of halogens is 1. The van der Waals surface area contributed by atoms with E-state index in [1.807, 2.05) is 61.5 Å². The highest BCUT2D eigenvalue weighted by atomic mass is 79.9. The fraction of sp³-hybridized carbons (Fsp3) is 0.167. The number of allylic oxidation sites excluding steroid dienone is 1. The lowest BCUT2D eigenvalue weighted by Crippen LogP contribution is -2.29. The van der Waals surface area contributed by atoms with E-state index in [9.17, 15) is 4.79 Å². The van der Waals surface area contributed by atoms with Crippen LogP contribution < -0.4 is 0 Å². The Balaban J connectivity index is 1.80. The van der Waals surface area contributed by atoms with Crippen LogP contribution in [0.15, 0.2) is 70.9 Å². The van der Waals surface area contributed by atoms with Gasteiger partial charge in [-0.25, -0.2) is 0 Å². The van der Waals surface area contributed by atoms with Crippen LogP contribution >= 0.6 is 15.9 Å². The average molecular weight is 343 g/mol. The minimum Gasteiger partial charge on any atom is -0.479 e. The fourth-order valence-electron chi connectivity index (χ4n) is 2.47. The van der Waals surface area contributed by atoms with Crippen molar-refractivity contribution < 1.29 is 9.53 Å². The molecule has 1 heterocycles. The minimum absolute atomic E-state index is 0.000752. The molecule has 0 radical (unpaired) electrons. The third-order valence-corrected chi connectivity index (χ3v) is 4.24. The SMILES string of the molecule is CC1(c2ccccc2)OC(Cc2ccc(Br)cc2)=CC1=O. The van der Waals surface area contributed by atoms with Gasteiger partial charge in [0.05, 0.1) is 0 Å². The first kappa shape index (κ1) is 14.1. The zero-order chi connectivity index (χ0) is 14.9. The summed E-state index contributed by atoms with van der Waals surface area (Å²) in [5.74, 6) is 0.717. The highest BCUT2D eigenvalue weighted by Crippen LogP contribution is 2.35. The number of hydrogen-bond donors (Lipinski definition) is 0. The Kier molecular flexibility index (Phi) is 3.68. The van der Waals surface area contributed by atoms with Crippen LogP contribution in [0.1, 0.15) is 18.1 Å². The Hall–Kier alpha value is -1.87. The second-order valence-electron chi connectivity index (χ2n) is 5.28. The summed E-state index contributed by atoms with van der Waals surface area (Å²) < 4.78 is 7.02. The Labute approximate surface area is 132 Å². The maximum absolute atomic E-state index is 12.3. The van der Waals surface area contributed by atoms with Crippen molar-refractivity contribution in [3.8, 4) is 0 Å². The van der Waals surface area contributed by atoms with Gasteiger partial charge < -0.3 is 4.74 Å². The number of carbonyl (C=O) groups excluding carboxylic acids is 1. The van der Waals surface area contributed by atoms with E-state index >= 15 is 0 Å². The maximum atomic E-state index is 12.3. The molecule has 1 unspecified atom stereocenters. The molecule has 2 aromatic rings. The van der Waals surface area contributed by atoms with Gasteiger partial charge in [0.15, 0.2) is 5.60 Å². The predicted molar refractivity (Wildman–Crippen MR) is 85.8 cm³/mol. The van der Waals surface area contributed by atoms with Crippen LogP contribution in [0, 0.1) is 0 Å². The molecule has 1 atom stereocenters. The van der Waals surface area contributed by atoms with Crippen molar-refractivity contribution in [3.05, 3.63) is 82.0 Å². The lowest BCUT2D eigenvalue weighted by atomic mass is 9.92. The van der Waals surface area contributed by atoms with Crippen LogP contribution in [0.3, 0.4) is 0 Å². The first-order chi connectivity index (χ1) is 10.1. The molecule has 1 aliphatic heterocycles. The fourth-order valence-corrected chi connectivity index (χ4v) is 2.74. The summed E-state index contributed by atoms with van der Waals surface area (Å²) >= 11 is 3.42. The van der Waals surface area contributed by atoms with Crippen molar-refractivity contribution >= 4 is 21.7 Å². The van der Waals surface area contributed by atoms with Crippen LogP contribution in [-0.2, 0) is 21.6 Å². The summed E-state index contributed by atoms with van der Waals surface area (Å²) in [4.78, 5) is 12.3. The lowest BCUT2D eigenvalue weighted by Gasteiger charge is -2.24. The molecule has 3 heteroatoms. The van der Waals surface area contributed by atoms with E-state index in [-0.39, 0.29) is 5.78 Å². The second kappa shape index (κ2) is 5.49. The second-order valence-corrected chi connectivity index (χ2v) is 6.20. The van der Waals surface area contributed by atoms with Crippen molar-refractivity contribution in [2.45, 2.75) is 18.9 Å². The van der Waals surface area contributed by atoms with E-state index in [0.29, 0.717) is 12.2 Å². The zero-order valence-corrected chi connectivity index (χ0v) is 13.3. The molecule has 0 spiro atoms. The standard InChI is InChI=1S/C18H15BrO2/c1-18(14-5-3-2-4-6-14)17(20)12-16(21-18)11-13-7-9-15(19)10-8-13/h2-10,12H,11H2,1H3. The summed E-state index contributed by atoms with van der Waals surface area (Å²) in [7, 11) is 0. The number of ether oxygens (including phenoxy) is 1. The van der Waals surface area contributed by atoms with Crippen molar-refractivity contribution in [1.29, 1.82) is 0 Å². The molecule has 0 bridgehead atoms. The zero-order valence-electron chi connectivity index (χ0n) is 11.7. The summed E-state index contributed by atoms with van der Waals surface area (Å²) in [5, 5.41) is 0. The van der Waals surface area contributed by atoms with Gasteiger partial charge in [-0.3, -0.25) is 4.79 Å². The van der Waals surface area contributed by atoms with Crippen molar-refractivity contribution in [2.24, 2.45) is 0 Å². The van der Waals surface area contributed by atoms with Crippen molar-refractivity contribution in [1.82, 2.24) is 0 Å². The number of carbonyl (C=O) groups is 1. The first-order valence-corrected chi connectivity index (χ1v) is 7.61. The molecule has 0 fully saturated rings. The molecule has 0 amide bonds. The molecule has 2 aromatic carbocycles. The number of hydrogen-bond acceptors (Lipinski definition) is 2. The number of benzene rings is 2. The Morgan fingerprint density at radius 1 is 1.05 bits per heavy atom. The summed E-state index contributed by atoms with van der Waals surface area (Å²) in [6.07, 6.45) is 2.25. The van der Waals surface area contributed by atoms with E-state index in [1.165, 1.54) is 0 Å². The maximum Gasteiger partial charge on any atom is 0.206 e. The molecule has 106 valence electrons. The van der Waals surface area contributed by atoms with Gasteiger partial charge in [0.25, 0.3) is 0 Å². The molecule has 0 saturated heterocycles. The molecule has 21 heavy (non-hydrogen) atoms. The van der Waals surface area contributed by atoms with Crippen LogP contribution in [0.5, 0.6) is 0 Å². The highest BCUT2D eigenvalue weighted by Gasteiger charge is 2.41. The van der Waals surface area contributed by atoms with E-state index in [0.717, 1.165) is 15.6 Å². The molecule has 0 aliphatic carbocycles. The van der Waals surface area contributed by atoms with Gasteiger partial charge in [-0.05, 0) is 24.6 Å². The molecule has 0 N–H and O–H groups in total. The Morgan fingerprint density at radius 3 is 2.38 bits per heavy atom. The van der Waals surface area contributed by atoms with Crippen LogP contribution in [0.4, 0.5) is 0 Å². The minimum atomic E-state index is -0.897. The first-order valence-electron chi connectivity index (χ1n) is 6.82. The van der Waals surface area contributed by atoms with Gasteiger partial charge in [-0.1, -0.05) is 58.4 Å².